The van der Waals surface area contributed by atoms with Crippen molar-refractivity contribution < 1.29 is 9.53 Å². The second-order valence-electron chi connectivity index (χ2n) is 5.88. The van der Waals surface area contributed by atoms with E-state index < -0.39 is 0 Å². The van der Waals surface area contributed by atoms with E-state index in [1.165, 1.54) is 0 Å². The van der Waals surface area contributed by atoms with E-state index >= 15 is 0 Å². The first-order valence-corrected chi connectivity index (χ1v) is 8.23. The molecule has 4 nitrogen and oxygen atoms in total. The van der Waals surface area contributed by atoms with Crippen molar-refractivity contribution in [3.8, 4) is 0 Å². The fourth-order valence-electron chi connectivity index (χ4n) is 3.02. The summed E-state index contributed by atoms with van der Waals surface area (Å²) in [7, 11) is 0. The molecule has 4 rings (SSSR count). The molecule has 124 valence electrons. The van der Waals surface area contributed by atoms with Crippen molar-refractivity contribution in [3.05, 3.63) is 96.1 Å². The average Bonchev–Trinajstić information content (AvgIpc) is 3.07. The molecule has 0 saturated carbocycles. The van der Waals surface area contributed by atoms with Gasteiger partial charge in [0, 0.05) is 0 Å². The Labute approximate surface area is 146 Å². The molecule has 3 aromatic rings. The molecule has 0 aromatic heterocycles. The number of amides is 1. The fraction of sp³-hybridized carbons (Fsp3) is 0.0952. The van der Waals surface area contributed by atoms with Gasteiger partial charge in [0.15, 0.2) is 0 Å². The molecule has 4 heteroatoms. The molecule has 1 unspecified atom stereocenters. The Bertz CT molecular complexity index is 865. The monoisotopic (exact) mass is 330 g/mol. The molecule has 1 atom stereocenters. The quantitative estimate of drug-likeness (QED) is 0.738. The van der Waals surface area contributed by atoms with Gasteiger partial charge in [-0.2, -0.15) is 0 Å². The number of ether oxygens (including phenoxy) is 1. The number of carbonyl (C=O) groups excluding carboxylic acids is 1. The lowest BCUT2D eigenvalue weighted by Crippen LogP contribution is -2.34. The first-order valence-electron chi connectivity index (χ1n) is 8.23. The van der Waals surface area contributed by atoms with Crippen LogP contribution in [0.25, 0.3) is 0 Å². The average molecular weight is 330 g/mol. The summed E-state index contributed by atoms with van der Waals surface area (Å²) in [5, 5.41) is 3.41. The molecule has 25 heavy (non-hydrogen) atoms. The van der Waals surface area contributed by atoms with E-state index in [1.54, 1.807) is 4.90 Å². The van der Waals surface area contributed by atoms with Gasteiger partial charge >= 0.3 is 6.09 Å². The zero-order valence-corrected chi connectivity index (χ0v) is 13.6. The van der Waals surface area contributed by atoms with E-state index in [9.17, 15) is 4.79 Å². The maximum atomic E-state index is 12.8. The summed E-state index contributed by atoms with van der Waals surface area (Å²) in [5.41, 5.74) is 3.73. The number of hydrogen-bond acceptors (Lipinski definition) is 3. The van der Waals surface area contributed by atoms with Crippen LogP contribution in [0, 0.1) is 0 Å². The van der Waals surface area contributed by atoms with Crippen LogP contribution in [0.2, 0.25) is 0 Å². The maximum absolute atomic E-state index is 12.8. The van der Waals surface area contributed by atoms with Crippen LogP contribution in [0.4, 0.5) is 16.2 Å². The third kappa shape index (κ3) is 3.06. The molecule has 1 heterocycles. The van der Waals surface area contributed by atoms with Crippen molar-refractivity contribution in [3.63, 3.8) is 0 Å². The summed E-state index contributed by atoms with van der Waals surface area (Å²) in [6, 6.07) is 27.4. The maximum Gasteiger partial charge on any atom is 0.416 e. The number of anilines is 2. The Morgan fingerprint density at radius 1 is 0.880 bits per heavy atom. The smallest absolute Gasteiger partial charge is 0.416 e. The molecule has 1 aliphatic heterocycles. The summed E-state index contributed by atoms with van der Waals surface area (Å²) in [5.74, 6) is 0. The zero-order chi connectivity index (χ0) is 17.1. The van der Waals surface area contributed by atoms with E-state index in [4.69, 9.17) is 4.74 Å². The van der Waals surface area contributed by atoms with Crippen molar-refractivity contribution >= 4 is 17.5 Å². The number of fused-ring (bicyclic) bond motifs is 1. The lowest BCUT2D eigenvalue weighted by atomic mass is 10.1. The Balaban J connectivity index is 1.60. The summed E-state index contributed by atoms with van der Waals surface area (Å²) < 4.78 is 5.57. The Hall–Kier alpha value is -3.27. The molecule has 0 saturated heterocycles. The fourth-order valence-corrected chi connectivity index (χ4v) is 3.02. The lowest BCUT2D eigenvalue weighted by Gasteiger charge is -2.24. The molecule has 0 bridgehead atoms. The molecule has 0 radical (unpaired) electrons. The molecule has 1 amide bonds. The van der Waals surface area contributed by atoms with Crippen molar-refractivity contribution in [1.82, 2.24) is 0 Å². The summed E-state index contributed by atoms with van der Waals surface area (Å²) in [6.07, 6.45) is -0.642. The van der Waals surface area contributed by atoms with Crippen LogP contribution >= 0.6 is 0 Å². The number of para-hydroxylation sites is 2. The second-order valence-corrected chi connectivity index (χ2v) is 5.88. The highest BCUT2D eigenvalue weighted by atomic mass is 16.6. The summed E-state index contributed by atoms with van der Waals surface area (Å²) >= 11 is 0. The molecular formula is C21H18N2O2. The van der Waals surface area contributed by atoms with Crippen LogP contribution in [-0.4, -0.2) is 6.09 Å². The van der Waals surface area contributed by atoms with Gasteiger partial charge in [-0.1, -0.05) is 72.8 Å². The van der Waals surface area contributed by atoms with Crippen molar-refractivity contribution in [2.75, 3.05) is 10.2 Å². The minimum absolute atomic E-state index is 0.250. The largest absolute Gasteiger partial charge is 0.444 e. The number of hydrogen-bond donors (Lipinski definition) is 1. The highest BCUT2D eigenvalue weighted by molar-refractivity contribution is 5.96. The molecule has 0 fully saturated rings. The van der Waals surface area contributed by atoms with Crippen LogP contribution in [0.1, 0.15) is 17.3 Å². The lowest BCUT2D eigenvalue weighted by molar-refractivity contribution is 0.145. The van der Waals surface area contributed by atoms with Gasteiger partial charge in [-0.3, -0.25) is 4.90 Å². The molecule has 3 aromatic carbocycles. The predicted octanol–water partition coefficient (Wildman–Crippen LogP) is 4.95. The first-order chi connectivity index (χ1) is 12.3. The van der Waals surface area contributed by atoms with Crippen LogP contribution in [-0.2, 0) is 11.3 Å². The van der Waals surface area contributed by atoms with Gasteiger partial charge in [-0.25, -0.2) is 4.79 Å². The topological polar surface area (TPSA) is 41.6 Å². The standard InChI is InChI=1S/C21H18N2O2/c24-21(25-15-16-9-3-1-4-10-16)23-19-14-8-7-13-18(19)22-20(23)17-11-5-2-6-12-17/h1-14,20,22H,15H2. The van der Waals surface area contributed by atoms with Gasteiger partial charge in [0.05, 0.1) is 11.4 Å². The Morgan fingerprint density at radius 3 is 2.28 bits per heavy atom. The van der Waals surface area contributed by atoms with Crippen LogP contribution in [0.15, 0.2) is 84.9 Å². The van der Waals surface area contributed by atoms with E-state index in [2.05, 4.69) is 5.32 Å². The van der Waals surface area contributed by atoms with Crippen molar-refractivity contribution in [1.29, 1.82) is 0 Å². The number of nitrogens with one attached hydrogen (secondary N) is 1. The highest BCUT2D eigenvalue weighted by Gasteiger charge is 2.35. The van der Waals surface area contributed by atoms with Gasteiger partial charge in [-0.15, -0.1) is 0 Å². The van der Waals surface area contributed by atoms with Crippen molar-refractivity contribution in [2.45, 2.75) is 12.8 Å². The van der Waals surface area contributed by atoms with Crippen LogP contribution in [0.3, 0.4) is 0 Å². The number of benzene rings is 3. The highest BCUT2D eigenvalue weighted by Crippen LogP contribution is 2.41. The number of rotatable bonds is 3. The van der Waals surface area contributed by atoms with Gasteiger partial charge < -0.3 is 10.1 Å². The molecule has 1 aliphatic rings. The number of carbonyl (C=O) groups is 1. The minimum Gasteiger partial charge on any atom is -0.444 e. The van der Waals surface area contributed by atoms with E-state index in [1.807, 2.05) is 84.9 Å². The van der Waals surface area contributed by atoms with Crippen molar-refractivity contribution in [2.24, 2.45) is 0 Å². The summed E-state index contributed by atoms with van der Waals surface area (Å²) in [6.45, 7) is 0.250. The zero-order valence-electron chi connectivity index (χ0n) is 13.6. The summed E-state index contributed by atoms with van der Waals surface area (Å²) in [4.78, 5) is 14.5. The molecule has 0 spiro atoms. The normalized spacial score (nSPS) is 15.4. The van der Waals surface area contributed by atoms with Gasteiger partial charge in [0.25, 0.3) is 0 Å². The Kier molecular flexibility index (Phi) is 4.09. The third-order valence-electron chi connectivity index (χ3n) is 4.23. The van der Waals surface area contributed by atoms with Crippen LogP contribution in [0.5, 0.6) is 0 Å². The molecule has 1 N–H and O–H groups in total. The SMILES string of the molecule is O=C(OCc1ccccc1)N1c2ccccc2NC1c1ccccc1. The first kappa shape index (κ1) is 15.3. The third-order valence-corrected chi connectivity index (χ3v) is 4.23. The Morgan fingerprint density at radius 2 is 1.52 bits per heavy atom. The molecular weight excluding hydrogens is 312 g/mol. The second kappa shape index (κ2) is 6.69. The van der Waals surface area contributed by atoms with E-state index in [0.29, 0.717) is 0 Å². The van der Waals surface area contributed by atoms with Crippen LogP contribution < -0.4 is 10.2 Å². The van der Waals surface area contributed by atoms with Gasteiger partial charge in [0.1, 0.15) is 12.8 Å². The van der Waals surface area contributed by atoms with E-state index in [0.717, 1.165) is 22.5 Å². The number of nitrogens with zero attached hydrogens (tertiary/aromatic N) is 1. The predicted molar refractivity (Wildman–Crippen MR) is 98.4 cm³/mol. The van der Waals surface area contributed by atoms with Gasteiger partial charge in [-0.05, 0) is 23.3 Å². The molecule has 0 aliphatic carbocycles. The van der Waals surface area contributed by atoms with E-state index in [-0.39, 0.29) is 18.9 Å². The minimum atomic E-state index is -0.366. The van der Waals surface area contributed by atoms with Gasteiger partial charge in [0.2, 0.25) is 0 Å².